The number of carbonyl (C=O) groups excluding carboxylic acids is 1. The predicted molar refractivity (Wildman–Crippen MR) is 126 cm³/mol. The average molecular weight is 449 g/mol. The smallest absolute Gasteiger partial charge is 0.280 e. The van der Waals surface area contributed by atoms with E-state index >= 15 is 0 Å². The summed E-state index contributed by atoms with van der Waals surface area (Å²) in [6.45, 7) is 7.09. The minimum atomic E-state index is -0.773. The Kier molecular flexibility index (Phi) is 6.69. The molecule has 0 saturated heterocycles. The Hall–Kier alpha value is -3.72. The molecule has 9 nitrogen and oxygen atoms in total. The van der Waals surface area contributed by atoms with Crippen LogP contribution in [0, 0.1) is 6.92 Å². The maximum atomic E-state index is 13.6. The molecule has 0 aliphatic rings. The number of carbonyl (C=O) groups is 1. The van der Waals surface area contributed by atoms with Gasteiger partial charge >= 0.3 is 0 Å². The van der Waals surface area contributed by atoms with E-state index in [1.165, 1.54) is 4.68 Å². The number of para-hydroxylation sites is 1. The van der Waals surface area contributed by atoms with Crippen molar-refractivity contribution in [2.45, 2.75) is 33.2 Å². The molecule has 3 aromatic heterocycles. The first-order valence-corrected chi connectivity index (χ1v) is 11.1. The lowest BCUT2D eigenvalue weighted by molar-refractivity contribution is -0.124. The number of aryl methyl sites for hydroxylation is 1. The molecule has 0 aliphatic heterocycles. The van der Waals surface area contributed by atoms with Crippen molar-refractivity contribution in [3.05, 3.63) is 70.9 Å². The lowest BCUT2D eigenvalue weighted by Crippen LogP contribution is -2.38. The van der Waals surface area contributed by atoms with Crippen molar-refractivity contribution in [1.82, 2.24) is 29.4 Å². The number of rotatable bonds is 9. The minimum absolute atomic E-state index is 0.266. The van der Waals surface area contributed by atoms with Gasteiger partial charge in [-0.3, -0.25) is 9.59 Å². The van der Waals surface area contributed by atoms with E-state index in [9.17, 15) is 9.59 Å². The Morgan fingerprint density at radius 2 is 1.85 bits per heavy atom. The van der Waals surface area contributed by atoms with Gasteiger partial charge in [-0.1, -0.05) is 18.2 Å². The maximum Gasteiger partial charge on any atom is 0.280 e. The first-order valence-electron chi connectivity index (χ1n) is 11.1. The average Bonchev–Trinajstić information content (AvgIpc) is 3.49. The standard InChI is InChI=1S/C24H28N6O3/c1-4-33-16-10-13-25-22(31)18(3)29-24(32)20-21(17(2)26-29)27-30(19-11-6-5-7-12-19)23(20)28-14-8-9-15-28/h5-9,11-12,14-15,18H,4,10,13,16H2,1-3H3,(H,25,31)/t18-/m0/s1. The monoisotopic (exact) mass is 448 g/mol. The van der Waals surface area contributed by atoms with Crippen LogP contribution in [0.4, 0.5) is 0 Å². The van der Waals surface area contributed by atoms with E-state index in [0.717, 1.165) is 5.69 Å². The van der Waals surface area contributed by atoms with Crippen molar-refractivity contribution in [2.75, 3.05) is 19.8 Å². The molecule has 0 aliphatic carbocycles. The van der Waals surface area contributed by atoms with E-state index in [-0.39, 0.29) is 11.5 Å². The second kappa shape index (κ2) is 9.83. The number of amides is 1. The zero-order chi connectivity index (χ0) is 23.4. The second-order valence-corrected chi connectivity index (χ2v) is 7.74. The number of nitrogens with zero attached hydrogens (tertiary/aromatic N) is 5. The van der Waals surface area contributed by atoms with E-state index in [0.29, 0.717) is 48.6 Å². The molecule has 4 aromatic rings. The van der Waals surface area contributed by atoms with Gasteiger partial charge in [0, 0.05) is 32.2 Å². The topological polar surface area (TPSA) is 96.0 Å². The molecule has 0 unspecified atom stereocenters. The fourth-order valence-corrected chi connectivity index (χ4v) is 3.74. The molecule has 33 heavy (non-hydrogen) atoms. The Labute approximate surface area is 191 Å². The van der Waals surface area contributed by atoms with Crippen molar-refractivity contribution in [3.63, 3.8) is 0 Å². The molecule has 3 heterocycles. The molecule has 9 heteroatoms. The summed E-state index contributed by atoms with van der Waals surface area (Å²) >= 11 is 0. The van der Waals surface area contributed by atoms with Gasteiger partial charge in [0.1, 0.15) is 16.9 Å². The third-order valence-electron chi connectivity index (χ3n) is 5.45. The van der Waals surface area contributed by atoms with Gasteiger partial charge in [0.25, 0.3) is 5.56 Å². The lowest BCUT2D eigenvalue weighted by atomic mass is 10.2. The molecule has 0 spiro atoms. The van der Waals surface area contributed by atoms with Crippen LogP contribution in [0.3, 0.4) is 0 Å². The maximum absolute atomic E-state index is 13.6. The number of aromatic nitrogens is 5. The van der Waals surface area contributed by atoms with Crippen LogP contribution in [0.15, 0.2) is 59.7 Å². The molecule has 0 bridgehead atoms. The molecule has 0 saturated carbocycles. The highest BCUT2D eigenvalue weighted by molar-refractivity contribution is 5.88. The van der Waals surface area contributed by atoms with Crippen LogP contribution in [-0.4, -0.2) is 49.8 Å². The molecule has 4 rings (SSSR count). The molecule has 1 atom stereocenters. The fourth-order valence-electron chi connectivity index (χ4n) is 3.74. The normalized spacial score (nSPS) is 12.2. The Morgan fingerprint density at radius 3 is 2.55 bits per heavy atom. The molecule has 0 radical (unpaired) electrons. The number of hydrogen-bond acceptors (Lipinski definition) is 5. The van der Waals surface area contributed by atoms with E-state index in [4.69, 9.17) is 9.84 Å². The van der Waals surface area contributed by atoms with Crippen LogP contribution in [0.2, 0.25) is 0 Å². The van der Waals surface area contributed by atoms with Gasteiger partial charge in [0.2, 0.25) is 5.91 Å². The van der Waals surface area contributed by atoms with Gasteiger partial charge in [-0.05, 0) is 51.5 Å². The van der Waals surface area contributed by atoms with Crippen LogP contribution in [-0.2, 0) is 9.53 Å². The summed E-state index contributed by atoms with van der Waals surface area (Å²) in [6.07, 6.45) is 4.43. The van der Waals surface area contributed by atoms with Crippen LogP contribution in [0.5, 0.6) is 0 Å². The van der Waals surface area contributed by atoms with Crippen molar-refractivity contribution < 1.29 is 9.53 Å². The largest absolute Gasteiger partial charge is 0.382 e. The first-order chi connectivity index (χ1) is 16.0. The lowest BCUT2D eigenvalue weighted by Gasteiger charge is -2.15. The van der Waals surface area contributed by atoms with Gasteiger partial charge in [-0.2, -0.15) is 10.2 Å². The van der Waals surface area contributed by atoms with Crippen LogP contribution in [0.1, 0.15) is 32.0 Å². The van der Waals surface area contributed by atoms with E-state index in [1.807, 2.05) is 66.3 Å². The summed E-state index contributed by atoms with van der Waals surface area (Å²) in [4.78, 5) is 26.4. The number of benzene rings is 1. The highest BCUT2D eigenvalue weighted by Crippen LogP contribution is 2.25. The third-order valence-corrected chi connectivity index (χ3v) is 5.45. The Morgan fingerprint density at radius 1 is 1.12 bits per heavy atom. The third kappa shape index (κ3) is 4.45. The summed E-state index contributed by atoms with van der Waals surface area (Å²) in [5.41, 5.74) is 1.54. The SMILES string of the molecule is CCOCCCNC(=O)[C@H](C)n1nc(C)c2nn(-c3ccccc3)c(-n3cccc3)c2c1=O. The predicted octanol–water partition coefficient (Wildman–Crippen LogP) is 2.79. The van der Waals surface area contributed by atoms with Gasteiger partial charge in [-0.25, -0.2) is 9.36 Å². The zero-order valence-corrected chi connectivity index (χ0v) is 19.1. The number of hydrogen-bond donors (Lipinski definition) is 1. The molecular weight excluding hydrogens is 420 g/mol. The van der Waals surface area contributed by atoms with Crippen molar-refractivity contribution in [2.24, 2.45) is 0 Å². The van der Waals surface area contributed by atoms with E-state index in [2.05, 4.69) is 10.4 Å². The van der Waals surface area contributed by atoms with Gasteiger partial charge in [0.15, 0.2) is 5.82 Å². The van der Waals surface area contributed by atoms with Crippen LogP contribution < -0.4 is 10.9 Å². The summed E-state index contributed by atoms with van der Waals surface area (Å²) in [6, 6.07) is 12.6. The number of fused-ring (bicyclic) bond motifs is 1. The summed E-state index contributed by atoms with van der Waals surface area (Å²) in [7, 11) is 0. The van der Waals surface area contributed by atoms with Gasteiger partial charge in [-0.15, -0.1) is 0 Å². The zero-order valence-electron chi connectivity index (χ0n) is 19.1. The second-order valence-electron chi connectivity index (χ2n) is 7.74. The van der Waals surface area contributed by atoms with Crippen molar-refractivity contribution >= 4 is 16.8 Å². The summed E-state index contributed by atoms with van der Waals surface area (Å²) < 4.78 is 10.1. The molecular formula is C24H28N6O3. The highest BCUT2D eigenvalue weighted by Gasteiger charge is 2.25. The molecule has 172 valence electrons. The van der Waals surface area contributed by atoms with Gasteiger partial charge < -0.3 is 14.6 Å². The Bertz CT molecular complexity index is 1290. The Balaban J connectivity index is 1.78. The number of nitrogens with one attached hydrogen (secondary N) is 1. The van der Waals surface area contributed by atoms with Gasteiger partial charge in [0.05, 0.1) is 11.4 Å². The fraction of sp³-hybridized carbons (Fsp3) is 0.333. The van der Waals surface area contributed by atoms with E-state index < -0.39 is 6.04 Å². The molecule has 0 fully saturated rings. The number of ether oxygens (including phenoxy) is 1. The minimum Gasteiger partial charge on any atom is -0.382 e. The van der Waals surface area contributed by atoms with Crippen LogP contribution in [0.25, 0.3) is 22.4 Å². The summed E-state index contributed by atoms with van der Waals surface area (Å²) in [5, 5.41) is 12.4. The molecule has 1 N–H and O–H groups in total. The quantitative estimate of drug-likeness (QED) is 0.397. The van der Waals surface area contributed by atoms with Crippen LogP contribution >= 0.6 is 0 Å². The van der Waals surface area contributed by atoms with Crippen molar-refractivity contribution in [3.8, 4) is 11.5 Å². The molecule has 1 amide bonds. The first kappa shape index (κ1) is 22.5. The van der Waals surface area contributed by atoms with E-state index in [1.54, 1.807) is 18.5 Å². The van der Waals surface area contributed by atoms with Crippen molar-refractivity contribution in [1.29, 1.82) is 0 Å². The summed E-state index contributed by atoms with van der Waals surface area (Å²) in [5.74, 6) is 0.340. The highest BCUT2D eigenvalue weighted by atomic mass is 16.5. The molecule has 1 aromatic carbocycles.